The second-order valence-corrected chi connectivity index (χ2v) is 7.34. The van der Waals surface area contributed by atoms with Crippen molar-refractivity contribution in [1.82, 2.24) is 9.88 Å². The van der Waals surface area contributed by atoms with Crippen LogP contribution in [-0.4, -0.2) is 22.3 Å². The molecule has 0 spiro atoms. The highest BCUT2D eigenvalue weighted by molar-refractivity contribution is 7.21. The number of aryl methyl sites for hydroxylation is 2. The summed E-state index contributed by atoms with van der Waals surface area (Å²) in [6.45, 7) is 6.90. The average molecular weight is 374 g/mol. The number of hydrogen-bond acceptors (Lipinski definition) is 4. The zero-order chi connectivity index (χ0) is 18.1. The van der Waals surface area contributed by atoms with Crippen LogP contribution in [0.3, 0.4) is 0 Å². The van der Waals surface area contributed by atoms with Crippen molar-refractivity contribution in [2.45, 2.75) is 27.3 Å². The van der Waals surface area contributed by atoms with Crippen LogP contribution in [0.2, 0.25) is 5.02 Å². The molecule has 0 radical (unpaired) electrons. The van der Waals surface area contributed by atoms with E-state index in [1.54, 1.807) is 4.90 Å². The molecule has 6 heteroatoms. The predicted octanol–water partition coefficient (Wildman–Crippen LogP) is 4.81. The summed E-state index contributed by atoms with van der Waals surface area (Å²) < 4.78 is 0. The van der Waals surface area contributed by atoms with E-state index in [1.165, 1.54) is 11.3 Å². The Morgan fingerprint density at radius 2 is 1.96 bits per heavy atom. The molecule has 4 nitrogen and oxygen atoms in total. The number of fused-ring (bicyclic) bond motifs is 1. The van der Waals surface area contributed by atoms with Gasteiger partial charge in [0.15, 0.2) is 0 Å². The Morgan fingerprint density at radius 3 is 2.60 bits per heavy atom. The van der Waals surface area contributed by atoms with Gasteiger partial charge in [-0.2, -0.15) is 0 Å². The van der Waals surface area contributed by atoms with Gasteiger partial charge in [-0.1, -0.05) is 41.9 Å². The number of pyridine rings is 1. The number of carbonyl (C=O) groups is 1. The lowest BCUT2D eigenvalue weighted by Gasteiger charge is -2.20. The highest BCUT2D eigenvalue weighted by Gasteiger charge is 2.24. The van der Waals surface area contributed by atoms with Crippen LogP contribution in [0.25, 0.3) is 10.2 Å². The molecule has 0 saturated heterocycles. The van der Waals surface area contributed by atoms with Crippen LogP contribution < -0.4 is 5.73 Å². The number of rotatable bonds is 4. The fraction of sp³-hybridized carbons (Fsp3) is 0.263. The molecule has 0 aliphatic carbocycles. The van der Waals surface area contributed by atoms with E-state index in [-0.39, 0.29) is 5.91 Å². The molecule has 1 aromatic carbocycles. The van der Waals surface area contributed by atoms with Crippen molar-refractivity contribution in [2.24, 2.45) is 0 Å². The summed E-state index contributed by atoms with van der Waals surface area (Å²) >= 11 is 7.64. The largest absolute Gasteiger partial charge is 0.397 e. The Labute approximate surface area is 156 Å². The first-order valence-corrected chi connectivity index (χ1v) is 9.31. The molecule has 0 unspecified atom stereocenters. The molecule has 0 aliphatic heterocycles. The zero-order valence-corrected chi connectivity index (χ0v) is 16.0. The lowest BCUT2D eigenvalue weighted by atomic mass is 10.1. The maximum atomic E-state index is 13.0. The number of carbonyl (C=O) groups excluding carboxylic acids is 1. The SMILES string of the molecule is CCN(Cc1ccccc1)C(=O)c1sc2nc(C)c(Cl)c(C)c2c1N. The van der Waals surface area contributed by atoms with Gasteiger partial charge in [0.1, 0.15) is 9.71 Å². The topological polar surface area (TPSA) is 59.2 Å². The molecule has 1 amide bonds. The Balaban J connectivity index is 2.01. The second-order valence-electron chi connectivity index (χ2n) is 5.97. The first-order valence-electron chi connectivity index (χ1n) is 8.11. The summed E-state index contributed by atoms with van der Waals surface area (Å²) in [4.78, 5) is 20.6. The van der Waals surface area contributed by atoms with Crippen LogP contribution >= 0.6 is 22.9 Å². The van der Waals surface area contributed by atoms with Crippen LogP contribution in [0.4, 0.5) is 5.69 Å². The number of halogens is 1. The Bertz CT molecular complexity index is 937. The van der Waals surface area contributed by atoms with Gasteiger partial charge in [-0.15, -0.1) is 11.3 Å². The minimum absolute atomic E-state index is 0.0694. The molecule has 25 heavy (non-hydrogen) atoms. The van der Waals surface area contributed by atoms with Gasteiger partial charge in [0.05, 0.1) is 16.4 Å². The van der Waals surface area contributed by atoms with Crippen molar-refractivity contribution < 1.29 is 4.79 Å². The monoisotopic (exact) mass is 373 g/mol. The standard InChI is InChI=1S/C19H20ClN3OS/c1-4-23(10-13-8-6-5-7-9-13)19(24)17-16(21)14-11(2)15(20)12(3)22-18(14)25-17/h5-9H,4,10,21H2,1-3H3. The first-order chi connectivity index (χ1) is 11.9. The van der Waals surface area contributed by atoms with Crippen molar-refractivity contribution in [3.05, 3.63) is 57.1 Å². The quantitative estimate of drug-likeness (QED) is 0.713. The van der Waals surface area contributed by atoms with Gasteiger partial charge in [-0.3, -0.25) is 4.79 Å². The minimum Gasteiger partial charge on any atom is -0.397 e. The third-order valence-electron chi connectivity index (χ3n) is 4.30. The number of nitrogen functional groups attached to an aromatic ring is 1. The number of nitrogens with zero attached hydrogens (tertiary/aromatic N) is 2. The van der Waals surface area contributed by atoms with Crippen molar-refractivity contribution in [1.29, 1.82) is 0 Å². The van der Waals surface area contributed by atoms with Crippen LogP contribution in [0.1, 0.15) is 33.4 Å². The highest BCUT2D eigenvalue weighted by Crippen LogP contribution is 2.38. The van der Waals surface area contributed by atoms with Gasteiger partial charge in [0, 0.05) is 18.5 Å². The molecule has 2 heterocycles. The molecule has 3 rings (SSSR count). The molecule has 0 saturated carbocycles. The van der Waals surface area contributed by atoms with E-state index >= 15 is 0 Å². The van der Waals surface area contributed by atoms with E-state index in [0.29, 0.717) is 28.7 Å². The number of hydrogen-bond donors (Lipinski definition) is 1. The normalized spacial score (nSPS) is 11.0. The molecular formula is C19H20ClN3OS. The maximum Gasteiger partial charge on any atom is 0.266 e. The Kier molecular flexibility index (Phi) is 4.97. The molecule has 0 fully saturated rings. The number of thiophene rings is 1. The Morgan fingerprint density at radius 1 is 1.28 bits per heavy atom. The minimum atomic E-state index is -0.0694. The number of nitrogens with two attached hydrogens (primary N) is 1. The van der Waals surface area contributed by atoms with Crippen LogP contribution in [0.15, 0.2) is 30.3 Å². The lowest BCUT2D eigenvalue weighted by molar-refractivity contribution is 0.0758. The van der Waals surface area contributed by atoms with Crippen molar-refractivity contribution in [3.8, 4) is 0 Å². The van der Waals surface area contributed by atoms with Crippen LogP contribution in [0.5, 0.6) is 0 Å². The number of amides is 1. The van der Waals surface area contributed by atoms with E-state index in [1.807, 2.05) is 51.1 Å². The van der Waals surface area contributed by atoms with Crippen molar-refractivity contribution in [3.63, 3.8) is 0 Å². The number of anilines is 1. The fourth-order valence-electron chi connectivity index (χ4n) is 2.89. The summed E-state index contributed by atoms with van der Waals surface area (Å²) in [5, 5.41) is 1.40. The molecule has 2 aromatic heterocycles. The van der Waals surface area contributed by atoms with Gasteiger partial charge in [0.25, 0.3) is 5.91 Å². The molecule has 0 aliphatic rings. The lowest BCUT2D eigenvalue weighted by Crippen LogP contribution is -2.30. The van der Waals surface area contributed by atoms with E-state index < -0.39 is 0 Å². The summed E-state index contributed by atoms with van der Waals surface area (Å²) in [7, 11) is 0. The second kappa shape index (κ2) is 7.02. The summed E-state index contributed by atoms with van der Waals surface area (Å²) in [5.41, 5.74) is 9.50. The number of aromatic nitrogens is 1. The first kappa shape index (κ1) is 17.7. The fourth-order valence-corrected chi connectivity index (χ4v) is 4.19. The maximum absolute atomic E-state index is 13.0. The van der Waals surface area contributed by atoms with E-state index in [0.717, 1.165) is 27.0 Å². The smallest absolute Gasteiger partial charge is 0.266 e. The predicted molar refractivity (Wildman–Crippen MR) is 105 cm³/mol. The molecular weight excluding hydrogens is 354 g/mol. The molecule has 2 N–H and O–H groups in total. The summed E-state index contributed by atoms with van der Waals surface area (Å²) in [6.07, 6.45) is 0. The molecule has 0 bridgehead atoms. The third-order valence-corrected chi connectivity index (χ3v) is 5.94. The number of benzene rings is 1. The highest BCUT2D eigenvalue weighted by atomic mass is 35.5. The molecule has 0 atom stereocenters. The van der Waals surface area contributed by atoms with E-state index in [9.17, 15) is 4.79 Å². The van der Waals surface area contributed by atoms with Crippen LogP contribution in [0, 0.1) is 13.8 Å². The van der Waals surface area contributed by atoms with Gasteiger partial charge in [-0.05, 0) is 31.9 Å². The zero-order valence-electron chi connectivity index (χ0n) is 14.5. The van der Waals surface area contributed by atoms with Gasteiger partial charge >= 0.3 is 0 Å². The summed E-state index contributed by atoms with van der Waals surface area (Å²) in [5.74, 6) is -0.0694. The third kappa shape index (κ3) is 3.22. The van der Waals surface area contributed by atoms with Gasteiger partial charge < -0.3 is 10.6 Å². The molecule has 130 valence electrons. The van der Waals surface area contributed by atoms with E-state index in [2.05, 4.69) is 4.98 Å². The van der Waals surface area contributed by atoms with Crippen molar-refractivity contribution >= 4 is 44.7 Å². The summed E-state index contributed by atoms with van der Waals surface area (Å²) in [6, 6.07) is 9.93. The Hall–Kier alpha value is -2.11. The van der Waals surface area contributed by atoms with Gasteiger partial charge in [0.2, 0.25) is 0 Å². The van der Waals surface area contributed by atoms with Gasteiger partial charge in [-0.25, -0.2) is 4.98 Å². The van der Waals surface area contributed by atoms with Crippen LogP contribution in [-0.2, 0) is 6.54 Å². The molecule has 3 aromatic rings. The van der Waals surface area contributed by atoms with E-state index in [4.69, 9.17) is 17.3 Å². The average Bonchev–Trinajstić information content (AvgIpc) is 2.94. The van der Waals surface area contributed by atoms with Crippen molar-refractivity contribution in [2.75, 3.05) is 12.3 Å².